The van der Waals surface area contributed by atoms with E-state index in [0.29, 0.717) is 22.5 Å². The number of benzene rings is 3. The molecule has 3 aromatic carbocycles. The second-order valence-corrected chi connectivity index (χ2v) is 6.29. The van der Waals surface area contributed by atoms with Gasteiger partial charge >= 0.3 is 6.09 Å². The molecule has 0 spiro atoms. The Labute approximate surface area is 172 Å². The van der Waals surface area contributed by atoms with E-state index in [2.05, 4.69) is 26.5 Å². The first-order valence-corrected chi connectivity index (χ1v) is 8.98. The van der Waals surface area contributed by atoms with Crippen molar-refractivity contribution < 1.29 is 14.6 Å². The Kier molecular flexibility index (Phi) is 5.14. The van der Waals surface area contributed by atoms with E-state index in [4.69, 9.17) is 11.2 Å². The number of para-hydroxylation sites is 1. The highest BCUT2D eigenvalue weighted by Crippen LogP contribution is 2.32. The smallest absolute Gasteiger partial charge is 0.417 e. The molecule has 1 aromatic heterocycles. The molecule has 146 valence electrons. The lowest BCUT2D eigenvalue weighted by molar-refractivity contribution is 0.215. The van der Waals surface area contributed by atoms with Crippen LogP contribution in [0.2, 0.25) is 0 Å². The van der Waals surface area contributed by atoms with Gasteiger partial charge in [0.05, 0.1) is 11.2 Å². The summed E-state index contributed by atoms with van der Waals surface area (Å²) < 4.78 is 5.21. The lowest BCUT2D eigenvalue weighted by Crippen LogP contribution is -2.16. The van der Waals surface area contributed by atoms with Crippen molar-refractivity contribution in [1.82, 2.24) is 9.97 Å². The van der Waals surface area contributed by atoms with E-state index >= 15 is 0 Å². The monoisotopic (exact) mass is 396 g/mol. The molecule has 0 aliphatic heterocycles. The first kappa shape index (κ1) is 18.8. The van der Waals surface area contributed by atoms with Gasteiger partial charge in [-0.3, -0.25) is 5.32 Å². The molecule has 7 nitrogen and oxygen atoms in total. The average molecular weight is 396 g/mol. The Morgan fingerprint density at radius 3 is 2.67 bits per heavy atom. The minimum Gasteiger partial charge on any atom is -0.506 e. The van der Waals surface area contributed by atoms with E-state index < -0.39 is 6.09 Å². The average Bonchev–Trinajstić information content (AvgIpc) is 2.75. The van der Waals surface area contributed by atoms with Crippen molar-refractivity contribution in [3.63, 3.8) is 0 Å². The second kappa shape index (κ2) is 8.20. The van der Waals surface area contributed by atoms with Crippen molar-refractivity contribution in [2.75, 3.05) is 10.6 Å². The lowest BCUT2D eigenvalue weighted by atomic mass is 10.1. The third-order valence-electron chi connectivity index (χ3n) is 4.24. The van der Waals surface area contributed by atoms with Gasteiger partial charge in [-0.05, 0) is 36.4 Å². The number of phenolic OH excluding ortho intramolecular Hbond substituents is 1. The summed E-state index contributed by atoms with van der Waals surface area (Å²) >= 11 is 0. The summed E-state index contributed by atoms with van der Waals surface area (Å²) in [6.07, 6.45) is 6.11. The Morgan fingerprint density at radius 2 is 1.87 bits per heavy atom. The summed E-state index contributed by atoms with van der Waals surface area (Å²) in [7, 11) is 0. The predicted octanol–water partition coefficient (Wildman–Crippen LogP) is 4.67. The van der Waals surface area contributed by atoms with Gasteiger partial charge in [-0.2, -0.15) is 0 Å². The fraction of sp³-hybridized carbons (Fsp3) is 0. The summed E-state index contributed by atoms with van der Waals surface area (Å²) in [5, 5.41) is 16.6. The molecule has 3 N–H and O–H groups in total. The lowest BCUT2D eigenvalue weighted by Gasteiger charge is -2.12. The molecule has 0 saturated heterocycles. The van der Waals surface area contributed by atoms with Crippen molar-refractivity contribution in [3.05, 3.63) is 78.6 Å². The van der Waals surface area contributed by atoms with Crippen LogP contribution in [0.1, 0.15) is 5.56 Å². The molecule has 0 saturated carbocycles. The molecule has 4 rings (SSSR count). The number of hydrogen-bond donors (Lipinski definition) is 3. The van der Waals surface area contributed by atoms with E-state index in [1.807, 2.05) is 30.3 Å². The summed E-state index contributed by atoms with van der Waals surface area (Å²) in [6, 6.07) is 19.0. The number of aromatic nitrogens is 2. The van der Waals surface area contributed by atoms with Gasteiger partial charge in [0.25, 0.3) is 0 Å². The summed E-state index contributed by atoms with van der Waals surface area (Å²) in [4.78, 5) is 20.7. The molecule has 1 amide bonds. The predicted molar refractivity (Wildman–Crippen MR) is 115 cm³/mol. The zero-order chi connectivity index (χ0) is 20.9. The molecule has 0 bridgehead atoms. The highest BCUT2D eigenvalue weighted by atomic mass is 16.6. The molecule has 1 heterocycles. The van der Waals surface area contributed by atoms with Crippen LogP contribution in [-0.4, -0.2) is 21.2 Å². The second-order valence-electron chi connectivity index (χ2n) is 6.29. The molecule has 0 atom stereocenters. The molecule has 0 aliphatic rings. The number of ether oxygens (including phenoxy) is 1. The maximum atomic E-state index is 12.2. The van der Waals surface area contributed by atoms with Gasteiger partial charge in [0.2, 0.25) is 0 Å². The number of phenols is 1. The first-order valence-electron chi connectivity index (χ1n) is 8.98. The Balaban J connectivity index is 1.63. The highest BCUT2D eigenvalue weighted by molar-refractivity contribution is 5.98. The number of carbonyl (C=O) groups excluding carboxylic acids is 1. The van der Waals surface area contributed by atoms with Gasteiger partial charge in [0.15, 0.2) is 0 Å². The molecular formula is C23H16N4O3. The highest BCUT2D eigenvalue weighted by Gasteiger charge is 2.13. The fourth-order valence-electron chi connectivity index (χ4n) is 2.85. The zero-order valence-corrected chi connectivity index (χ0v) is 15.7. The molecule has 0 fully saturated rings. The fourth-order valence-corrected chi connectivity index (χ4v) is 2.85. The van der Waals surface area contributed by atoms with Crippen LogP contribution in [-0.2, 0) is 0 Å². The number of rotatable bonds is 4. The van der Waals surface area contributed by atoms with Crippen LogP contribution in [0.4, 0.5) is 22.0 Å². The number of aromatic hydroxyl groups is 1. The summed E-state index contributed by atoms with van der Waals surface area (Å²) in [5.41, 5.74) is 2.14. The van der Waals surface area contributed by atoms with Crippen molar-refractivity contribution >= 4 is 34.2 Å². The Bertz CT molecular complexity index is 1270. The third-order valence-corrected chi connectivity index (χ3v) is 4.24. The zero-order valence-electron chi connectivity index (χ0n) is 15.7. The van der Waals surface area contributed by atoms with Crippen LogP contribution >= 0.6 is 0 Å². The Morgan fingerprint density at radius 1 is 1.03 bits per heavy atom. The minimum atomic E-state index is -0.732. The number of nitrogens with one attached hydrogen (secondary N) is 2. The van der Waals surface area contributed by atoms with Gasteiger partial charge in [0, 0.05) is 22.7 Å². The minimum absolute atomic E-state index is 0.147. The molecule has 4 aromatic rings. The molecule has 0 aliphatic carbocycles. The number of carbonyl (C=O) groups is 1. The standard InChI is InChI=1S/C23H16N4O3/c1-2-15-7-6-8-16(11-15)26-22-18-12-20(21(28)13-19(18)24-14-25-22)27-23(29)30-17-9-4-3-5-10-17/h1,3-14,28H,(H,27,29)(H,24,25,26). The maximum absolute atomic E-state index is 12.2. The molecule has 0 unspecified atom stereocenters. The quantitative estimate of drug-likeness (QED) is 0.343. The summed E-state index contributed by atoms with van der Waals surface area (Å²) in [6.45, 7) is 0. The van der Waals surface area contributed by atoms with Gasteiger partial charge in [-0.15, -0.1) is 6.42 Å². The summed E-state index contributed by atoms with van der Waals surface area (Å²) in [5.74, 6) is 3.31. The van der Waals surface area contributed by atoms with Gasteiger partial charge < -0.3 is 15.2 Å². The number of hydrogen-bond acceptors (Lipinski definition) is 6. The Hall–Kier alpha value is -4.57. The van der Waals surface area contributed by atoms with Crippen LogP contribution in [0.25, 0.3) is 10.9 Å². The number of amides is 1. The van der Waals surface area contributed by atoms with Gasteiger partial charge in [-0.25, -0.2) is 14.8 Å². The van der Waals surface area contributed by atoms with Crippen LogP contribution < -0.4 is 15.4 Å². The van der Waals surface area contributed by atoms with Crippen LogP contribution in [0, 0.1) is 12.3 Å². The molecule has 0 radical (unpaired) electrons. The van der Waals surface area contributed by atoms with Crippen LogP contribution in [0.15, 0.2) is 73.1 Å². The van der Waals surface area contributed by atoms with Crippen LogP contribution in [0.5, 0.6) is 11.5 Å². The third kappa shape index (κ3) is 4.13. The van der Waals surface area contributed by atoms with Crippen molar-refractivity contribution in [3.8, 4) is 23.8 Å². The van der Waals surface area contributed by atoms with Crippen molar-refractivity contribution in [2.45, 2.75) is 0 Å². The topological polar surface area (TPSA) is 96.4 Å². The maximum Gasteiger partial charge on any atom is 0.417 e. The number of nitrogens with zero attached hydrogens (tertiary/aromatic N) is 2. The van der Waals surface area contributed by atoms with Crippen molar-refractivity contribution in [1.29, 1.82) is 0 Å². The molecular weight excluding hydrogens is 380 g/mol. The normalized spacial score (nSPS) is 10.2. The van der Waals surface area contributed by atoms with E-state index in [-0.39, 0.29) is 11.4 Å². The van der Waals surface area contributed by atoms with E-state index in [1.165, 1.54) is 12.4 Å². The van der Waals surface area contributed by atoms with E-state index in [9.17, 15) is 9.90 Å². The molecule has 7 heteroatoms. The first-order chi connectivity index (χ1) is 14.6. The number of terminal acetylenes is 1. The number of anilines is 3. The van der Waals surface area contributed by atoms with E-state index in [1.54, 1.807) is 30.3 Å². The number of fused-ring (bicyclic) bond motifs is 1. The van der Waals surface area contributed by atoms with E-state index in [0.717, 1.165) is 11.3 Å². The largest absolute Gasteiger partial charge is 0.506 e. The SMILES string of the molecule is C#Cc1cccc(Nc2ncnc3cc(O)c(NC(=O)Oc4ccccc4)cc23)c1. The van der Waals surface area contributed by atoms with Crippen molar-refractivity contribution in [2.24, 2.45) is 0 Å². The molecule has 30 heavy (non-hydrogen) atoms. The van der Waals surface area contributed by atoms with Crippen LogP contribution in [0.3, 0.4) is 0 Å². The van der Waals surface area contributed by atoms with Gasteiger partial charge in [0.1, 0.15) is 23.6 Å². The van der Waals surface area contributed by atoms with Gasteiger partial charge in [-0.1, -0.05) is 30.2 Å².